The fourth-order valence-electron chi connectivity index (χ4n) is 8.75. The van der Waals surface area contributed by atoms with Crippen molar-refractivity contribution in [2.75, 3.05) is 13.1 Å². The average Bonchev–Trinajstić information content (AvgIpc) is 3.61. The van der Waals surface area contributed by atoms with Gasteiger partial charge in [0.25, 0.3) is 0 Å². The molecule has 0 radical (unpaired) electrons. The second kappa shape index (κ2) is 12.1. The van der Waals surface area contributed by atoms with E-state index < -0.39 is 29.8 Å². The molecule has 1 amide bonds. The van der Waals surface area contributed by atoms with Gasteiger partial charge in [0, 0.05) is 64.8 Å². The summed E-state index contributed by atoms with van der Waals surface area (Å²) in [6, 6.07) is 10.2. The summed E-state index contributed by atoms with van der Waals surface area (Å²) in [6.45, 7) is 2.80. The molecule has 3 aromatic heterocycles. The van der Waals surface area contributed by atoms with Gasteiger partial charge in [-0.1, -0.05) is 35.3 Å². The molecule has 10 rings (SSSR count). The van der Waals surface area contributed by atoms with Gasteiger partial charge in [0.05, 0.1) is 46.0 Å². The van der Waals surface area contributed by atoms with Crippen LogP contribution in [0.2, 0.25) is 10.0 Å². The van der Waals surface area contributed by atoms with Gasteiger partial charge >= 0.3 is 6.18 Å². The molecule has 1 N–H and O–H groups in total. The Kier molecular flexibility index (Phi) is 7.84. The van der Waals surface area contributed by atoms with Gasteiger partial charge in [-0.25, -0.2) is 9.37 Å². The largest absolute Gasteiger partial charge is 0.436 e. The minimum Gasteiger partial charge on any atom is -0.337 e. The SMILES string of the molecule is Cc1nc2c(F)c(-c3cccc(Cl)c3Cl)c(CCC#N)cc2c2c1cc([C@H]1C[C@H](n3ncc(C(F)(F)F)n3)CN1C(=O)C1CC1)n2[C@H]1[C@H]2CN[C@@H]1C2. The number of carbonyl (C=O) groups is 1. The van der Waals surface area contributed by atoms with Crippen LogP contribution in [0.25, 0.3) is 32.9 Å². The molecule has 3 saturated heterocycles. The summed E-state index contributed by atoms with van der Waals surface area (Å²) in [7, 11) is 0. The zero-order valence-electron chi connectivity index (χ0n) is 27.9. The number of aryl methyl sites for hydroxylation is 2. The molecule has 2 aliphatic carbocycles. The minimum atomic E-state index is -4.65. The number of amides is 1. The summed E-state index contributed by atoms with van der Waals surface area (Å²) in [5.41, 5.74) is 2.51. The Labute approximate surface area is 305 Å². The number of aromatic nitrogens is 5. The molecule has 9 nitrogen and oxygen atoms in total. The number of alkyl halides is 3. The number of pyridine rings is 1. The standard InChI is InChI=1S/C37H32Cl2F4N8O/c1-17-23-13-28(27-12-21(16-49(27)36(52)18-7-8-18)51-46-15-29(48-51)37(41,42)43)50(34-20-11-26(34)45-14-20)35(23)24-10-19(4-3-9-44)30(32(40)33(24)47-17)22-5-2-6-25(38)31(22)39/h2,5-6,10,13,15,18,20-21,26-27,34,45H,3-4,7-8,11-12,14,16H2,1H3/t20-,21+,26-,27-,34+/m1/s1. The topological polar surface area (TPSA) is 105 Å². The number of nitrogens with one attached hydrogen (secondary N) is 1. The lowest BCUT2D eigenvalue weighted by Crippen LogP contribution is -2.41. The van der Waals surface area contributed by atoms with Gasteiger partial charge in [-0.2, -0.15) is 28.3 Å². The van der Waals surface area contributed by atoms with Crippen LogP contribution in [0.1, 0.15) is 72.9 Å². The number of likely N-dealkylation sites (tertiary alicyclic amines) is 1. The number of fused-ring (bicyclic) bond motifs is 4. The van der Waals surface area contributed by atoms with E-state index in [0.29, 0.717) is 34.5 Å². The zero-order valence-corrected chi connectivity index (χ0v) is 29.4. The number of hydrogen-bond acceptors (Lipinski definition) is 6. The summed E-state index contributed by atoms with van der Waals surface area (Å²) >= 11 is 13.0. The molecule has 2 aromatic carbocycles. The lowest BCUT2D eigenvalue weighted by atomic mass is 9.79. The van der Waals surface area contributed by atoms with Gasteiger partial charge in [-0.05, 0) is 68.7 Å². The molecule has 3 aliphatic heterocycles. The molecular formula is C37H32Cl2F4N8O. The van der Waals surface area contributed by atoms with Crippen LogP contribution in [0.5, 0.6) is 0 Å². The van der Waals surface area contributed by atoms with Crippen molar-refractivity contribution in [2.24, 2.45) is 11.8 Å². The van der Waals surface area contributed by atoms with Crippen molar-refractivity contribution in [3.05, 3.63) is 75.0 Å². The van der Waals surface area contributed by atoms with Gasteiger partial charge in [-0.3, -0.25) is 4.79 Å². The minimum absolute atomic E-state index is 0.00163. The quantitative estimate of drug-likeness (QED) is 0.169. The van der Waals surface area contributed by atoms with Gasteiger partial charge in [0.15, 0.2) is 11.5 Å². The van der Waals surface area contributed by atoms with Crippen molar-refractivity contribution in [1.82, 2.24) is 34.8 Å². The Morgan fingerprint density at radius 1 is 1.15 bits per heavy atom. The van der Waals surface area contributed by atoms with Crippen LogP contribution in [0.15, 0.2) is 36.5 Å². The molecule has 2 saturated carbocycles. The van der Waals surface area contributed by atoms with E-state index in [-0.39, 0.29) is 64.4 Å². The highest BCUT2D eigenvalue weighted by Crippen LogP contribution is 2.52. The van der Waals surface area contributed by atoms with E-state index in [4.69, 9.17) is 28.2 Å². The van der Waals surface area contributed by atoms with Crippen molar-refractivity contribution in [1.29, 1.82) is 5.26 Å². The number of rotatable bonds is 7. The Morgan fingerprint density at radius 3 is 2.63 bits per heavy atom. The molecular weight excluding hydrogens is 719 g/mol. The Balaban J connectivity index is 1.27. The number of carbonyl (C=O) groups excluding carboxylic acids is 1. The highest BCUT2D eigenvalue weighted by molar-refractivity contribution is 6.43. The second-order valence-corrected chi connectivity index (χ2v) is 15.3. The zero-order chi connectivity index (χ0) is 36.2. The van der Waals surface area contributed by atoms with Gasteiger partial charge in [0.2, 0.25) is 5.91 Å². The van der Waals surface area contributed by atoms with Crippen LogP contribution < -0.4 is 5.32 Å². The number of nitriles is 1. The van der Waals surface area contributed by atoms with Crippen molar-refractivity contribution in [3.63, 3.8) is 0 Å². The van der Waals surface area contributed by atoms with Gasteiger partial charge < -0.3 is 14.8 Å². The van der Waals surface area contributed by atoms with Crippen molar-refractivity contribution in [3.8, 4) is 17.2 Å². The smallest absolute Gasteiger partial charge is 0.337 e. The van der Waals surface area contributed by atoms with E-state index in [1.54, 1.807) is 23.1 Å². The molecule has 5 atom stereocenters. The molecule has 268 valence electrons. The lowest BCUT2D eigenvalue weighted by Gasteiger charge is -2.39. The first-order chi connectivity index (χ1) is 24.9. The first-order valence-electron chi connectivity index (χ1n) is 17.4. The highest BCUT2D eigenvalue weighted by Gasteiger charge is 2.51. The average molecular weight is 752 g/mol. The van der Waals surface area contributed by atoms with Crippen LogP contribution in [-0.4, -0.2) is 54.5 Å². The van der Waals surface area contributed by atoms with E-state index >= 15 is 4.39 Å². The fraction of sp³-hybridized carbons (Fsp3) is 0.432. The number of nitrogens with zero attached hydrogens (tertiary/aromatic N) is 7. The lowest BCUT2D eigenvalue weighted by molar-refractivity contribution is -0.141. The molecule has 2 bridgehead atoms. The first-order valence-corrected chi connectivity index (χ1v) is 18.2. The predicted octanol–water partition coefficient (Wildman–Crippen LogP) is 8.13. The van der Waals surface area contributed by atoms with Crippen LogP contribution in [-0.2, 0) is 17.4 Å². The van der Waals surface area contributed by atoms with E-state index in [1.165, 1.54) is 0 Å². The first kappa shape index (κ1) is 33.6. The molecule has 5 aliphatic rings. The molecule has 15 heteroatoms. The summed E-state index contributed by atoms with van der Waals surface area (Å²) < 4.78 is 60.0. The molecule has 5 fully saturated rings. The van der Waals surface area contributed by atoms with E-state index in [2.05, 4.69) is 26.2 Å². The maximum absolute atomic E-state index is 17.1. The van der Waals surface area contributed by atoms with Crippen molar-refractivity contribution < 1.29 is 22.4 Å². The summed E-state index contributed by atoms with van der Waals surface area (Å²) in [4.78, 5) is 21.6. The van der Waals surface area contributed by atoms with E-state index in [9.17, 15) is 23.2 Å². The van der Waals surface area contributed by atoms with Gasteiger partial charge in [0.1, 0.15) is 5.52 Å². The summed E-state index contributed by atoms with van der Waals surface area (Å²) in [5, 5.41) is 22.8. The van der Waals surface area contributed by atoms with Crippen LogP contribution in [0.4, 0.5) is 17.6 Å². The third-order valence-electron chi connectivity index (χ3n) is 11.4. The third-order valence-corrected chi connectivity index (χ3v) is 12.2. The molecule has 5 aromatic rings. The maximum atomic E-state index is 17.1. The Morgan fingerprint density at radius 2 is 1.96 bits per heavy atom. The monoisotopic (exact) mass is 750 g/mol. The summed E-state index contributed by atoms with van der Waals surface area (Å²) in [6.07, 6.45) is -0.719. The van der Waals surface area contributed by atoms with Gasteiger partial charge in [-0.15, -0.1) is 5.10 Å². The van der Waals surface area contributed by atoms with Crippen LogP contribution in [0.3, 0.4) is 0 Å². The van der Waals surface area contributed by atoms with Crippen LogP contribution >= 0.6 is 23.2 Å². The van der Waals surface area contributed by atoms with Crippen molar-refractivity contribution >= 4 is 50.9 Å². The Bertz CT molecular complexity index is 2330. The predicted molar refractivity (Wildman–Crippen MR) is 186 cm³/mol. The highest BCUT2D eigenvalue weighted by atomic mass is 35.5. The maximum Gasteiger partial charge on any atom is 0.436 e. The fourth-order valence-corrected chi connectivity index (χ4v) is 9.15. The van der Waals surface area contributed by atoms with Crippen molar-refractivity contribution in [2.45, 2.75) is 75.8 Å². The Hall–Kier alpha value is -4.25. The molecule has 6 heterocycles. The number of halogens is 6. The van der Waals surface area contributed by atoms with Crippen LogP contribution in [0, 0.1) is 35.9 Å². The number of benzene rings is 2. The van der Waals surface area contributed by atoms with E-state index in [0.717, 1.165) is 53.4 Å². The molecule has 0 spiro atoms. The third kappa shape index (κ3) is 5.20. The second-order valence-electron chi connectivity index (χ2n) is 14.5. The normalized spacial score (nSPS) is 24.2. The summed E-state index contributed by atoms with van der Waals surface area (Å²) in [5.74, 6) is -0.438. The molecule has 0 unspecified atom stereocenters. The molecule has 52 heavy (non-hydrogen) atoms. The van der Waals surface area contributed by atoms with E-state index in [1.807, 2.05) is 19.1 Å². The number of hydrogen-bond donors (Lipinski definition) is 1.